The van der Waals surface area contributed by atoms with Gasteiger partial charge < -0.3 is 5.73 Å². The molecule has 0 aliphatic carbocycles. The maximum Gasteiger partial charge on any atom is 0.214 e. The lowest BCUT2D eigenvalue weighted by Crippen LogP contribution is -2.29. The number of amidine groups is 1. The first-order valence-electron chi connectivity index (χ1n) is 6.59. The van der Waals surface area contributed by atoms with Crippen LogP contribution < -0.4 is 5.73 Å². The number of sulfonamides is 1. The van der Waals surface area contributed by atoms with E-state index in [0.717, 1.165) is 5.56 Å². The van der Waals surface area contributed by atoms with Gasteiger partial charge in [-0.25, -0.2) is 12.7 Å². The predicted octanol–water partition coefficient (Wildman–Crippen LogP) is 1.78. The van der Waals surface area contributed by atoms with Crippen LogP contribution in [-0.2, 0) is 16.6 Å². The van der Waals surface area contributed by atoms with Gasteiger partial charge in [-0.1, -0.05) is 32.0 Å². The Morgan fingerprint density at radius 2 is 2.05 bits per heavy atom. The minimum Gasteiger partial charge on any atom is -0.384 e. The maximum absolute atomic E-state index is 12.1. The van der Waals surface area contributed by atoms with E-state index in [2.05, 4.69) is 0 Å². The summed E-state index contributed by atoms with van der Waals surface area (Å²) in [4.78, 5) is 0. The third kappa shape index (κ3) is 4.94. The van der Waals surface area contributed by atoms with Crippen molar-refractivity contribution in [1.29, 1.82) is 5.41 Å². The number of benzene rings is 1. The van der Waals surface area contributed by atoms with Gasteiger partial charge in [-0.15, -0.1) is 0 Å². The van der Waals surface area contributed by atoms with Crippen LogP contribution in [0.25, 0.3) is 0 Å². The Balaban J connectivity index is 2.77. The van der Waals surface area contributed by atoms with Crippen molar-refractivity contribution < 1.29 is 8.42 Å². The molecule has 0 fully saturated rings. The molecule has 0 aliphatic rings. The molecular weight excluding hydrogens is 274 g/mol. The van der Waals surface area contributed by atoms with Crippen LogP contribution in [0.4, 0.5) is 0 Å². The van der Waals surface area contributed by atoms with Gasteiger partial charge in [-0.05, 0) is 24.0 Å². The standard InChI is InChI=1S/C14H23N3O2S/c1-11(2)7-8-20(18,19)17(3)10-12-5-4-6-13(9-12)14(15)16/h4-6,9,11H,7-8,10H2,1-3H3,(H3,15,16). The summed E-state index contributed by atoms with van der Waals surface area (Å²) in [6.07, 6.45) is 0.653. The monoisotopic (exact) mass is 297 g/mol. The number of nitrogens with one attached hydrogen (secondary N) is 1. The Kier molecular flexibility index (Phi) is 5.71. The van der Waals surface area contributed by atoms with Crippen LogP contribution in [0.5, 0.6) is 0 Å². The Hall–Kier alpha value is -1.40. The van der Waals surface area contributed by atoms with Gasteiger partial charge in [0.25, 0.3) is 0 Å². The van der Waals surface area contributed by atoms with E-state index in [4.69, 9.17) is 11.1 Å². The molecule has 0 saturated carbocycles. The lowest BCUT2D eigenvalue weighted by Gasteiger charge is -2.18. The lowest BCUT2D eigenvalue weighted by molar-refractivity contribution is 0.460. The first kappa shape index (κ1) is 16.7. The van der Waals surface area contributed by atoms with Crippen LogP contribution in [0.1, 0.15) is 31.4 Å². The molecule has 3 N–H and O–H groups in total. The molecule has 0 unspecified atom stereocenters. The quantitative estimate of drug-likeness (QED) is 0.594. The molecule has 20 heavy (non-hydrogen) atoms. The first-order valence-corrected chi connectivity index (χ1v) is 8.20. The van der Waals surface area contributed by atoms with Crippen molar-refractivity contribution in [1.82, 2.24) is 4.31 Å². The van der Waals surface area contributed by atoms with Crippen molar-refractivity contribution in [3.63, 3.8) is 0 Å². The molecule has 0 radical (unpaired) electrons. The number of rotatable bonds is 7. The molecule has 0 amide bonds. The van der Waals surface area contributed by atoms with E-state index in [1.165, 1.54) is 4.31 Å². The van der Waals surface area contributed by atoms with E-state index in [1.807, 2.05) is 19.9 Å². The Morgan fingerprint density at radius 1 is 1.40 bits per heavy atom. The second-order valence-corrected chi connectivity index (χ2v) is 7.56. The molecule has 6 heteroatoms. The van der Waals surface area contributed by atoms with Crippen LogP contribution in [0.15, 0.2) is 24.3 Å². The molecule has 0 heterocycles. The summed E-state index contributed by atoms with van der Waals surface area (Å²) < 4.78 is 25.6. The van der Waals surface area contributed by atoms with Gasteiger partial charge in [0.2, 0.25) is 10.0 Å². The summed E-state index contributed by atoms with van der Waals surface area (Å²) in [5.74, 6) is 0.504. The van der Waals surface area contributed by atoms with Gasteiger partial charge in [-0.2, -0.15) is 0 Å². The summed E-state index contributed by atoms with van der Waals surface area (Å²) >= 11 is 0. The largest absolute Gasteiger partial charge is 0.384 e. The normalized spacial score (nSPS) is 12.1. The van der Waals surface area contributed by atoms with Crippen molar-refractivity contribution in [2.45, 2.75) is 26.8 Å². The molecule has 0 aliphatic heterocycles. The Labute approximate surface area is 121 Å². The Bertz CT molecular complexity index is 568. The highest BCUT2D eigenvalue weighted by Gasteiger charge is 2.18. The van der Waals surface area contributed by atoms with E-state index in [-0.39, 0.29) is 11.6 Å². The van der Waals surface area contributed by atoms with Gasteiger partial charge in [0, 0.05) is 19.2 Å². The topological polar surface area (TPSA) is 87.2 Å². The molecule has 1 rings (SSSR count). The SMILES string of the molecule is CC(C)CCS(=O)(=O)N(C)Cc1cccc(C(=N)N)c1. The molecule has 1 aromatic rings. The van der Waals surface area contributed by atoms with Crippen LogP contribution in [0, 0.1) is 11.3 Å². The van der Waals surface area contributed by atoms with Crippen molar-refractivity contribution in [2.24, 2.45) is 11.7 Å². The smallest absolute Gasteiger partial charge is 0.214 e. The summed E-state index contributed by atoms with van der Waals surface area (Å²) in [5, 5.41) is 7.40. The van der Waals surface area contributed by atoms with Crippen LogP contribution in [-0.4, -0.2) is 31.4 Å². The third-order valence-corrected chi connectivity index (χ3v) is 4.90. The second-order valence-electron chi connectivity index (χ2n) is 5.37. The third-order valence-electron chi connectivity index (χ3n) is 3.07. The molecule has 0 aromatic heterocycles. The predicted molar refractivity (Wildman–Crippen MR) is 82.2 cm³/mol. The van der Waals surface area contributed by atoms with Gasteiger partial charge >= 0.3 is 0 Å². The lowest BCUT2D eigenvalue weighted by atomic mass is 10.1. The molecule has 1 aromatic carbocycles. The molecule has 0 spiro atoms. The van der Waals surface area contributed by atoms with Crippen molar-refractivity contribution in [2.75, 3.05) is 12.8 Å². The van der Waals surface area contributed by atoms with Gasteiger partial charge in [0.05, 0.1) is 5.75 Å². The fourth-order valence-electron chi connectivity index (χ4n) is 1.73. The van der Waals surface area contributed by atoms with Gasteiger partial charge in [-0.3, -0.25) is 5.41 Å². The maximum atomic E-state index is 12.1. The molecule has 0 saturated heterocycles. The van der Waals surface area contributed by atoms with Gasteiger partial charge in [0.15, 0.2) is 0 Å². The van der Waals surface area contributed by atoms with Gasteiger partial charge in [0.1, 0.15) is 5.84 Å². The highest BCUT2D eigenvalue weighted by molar-refractivity contribution is 7.89. The number of nitrogens with zero attached hydrogens (tertiary/aromatic N) is 1. The minimum absolute atomic E-state index is 0.0165. The van der Waals surface area contributed by atoms with E-state index < -0.39 is 10.0 Å². The summed E-state index contributed by atoms with van der Waals surface area (Å²) in [7, 11) is -1.66. The van der Waals surface area contributed by atoms with Crippen molar-refractivity contribution >= 4 is 15.9 Å². The van der Waals surface area contributed by atoms with Crippen molar-refractivity contribution in [3.8, 4) is 0 Å². The summed E-state index contributed by atoms with van der Waals surface area (Å²) in [6.45, 7) is 4.30. The average molecular weight is 297 g/mol. The number of nitrogens with two attached hydrogens (primary N) is 1. The zero-order chi connectivity index (χ0) is 15.3. The number of hydrogen-bond donors (Lipinski definition) is 2. The average Bonchev–Trinajstić information content (AvgIpc) is 2.36. The highest BCUT2D eigenvalue weighted by atomic mass is 32.2. The van der Waals surface area contributed by atoms with E-state index >= 15 is 0 Å². The molecule has 0 atom stereocenters. The van der Waals surface area contributed by atoms with Crippen LogP contribution in [0.3, 0.4) is 0 Å². The zero-order valence-electron chi connectivity index (χ0n) is 12.3. The second kappa shape index (κ2) is 6.85. The molecule has 5 nitrogen and oxygen atoms in total. The van der Waals surface area contributed by atoms with Crippen LogP contribution >= 0.6 is 0 Å². The Morgan fingerprint density at radius 3 is 2.60 bits per heavy atom. The highest BCUT2D eigenvalue weighted by Crippen LogP contribution is 2.12. The van der Waals surface area contributed by atoms with Crippen molar-refractivity contribution in [3.05, 3.63) is 35.4 Å². The molecule has 112 valence electrons. The van der Waals surface area contributed by atoms with E-state index in [0.29, 0.717) is 24.4 Å². The van der Waals surface area contributed by atoms with Crippen LogP contribution in [0.2, 0.25) is 0 Å². The minimum atomic E-state index is -3.24. The number of nitrogen functional groups attached to an aromatic ring is 1. The fourth-order valence-corrected chi connectivity index (χ4v) is 3.16. The molecule has 0 bridgehead atoms. The van der Waals surface area contributed by atoms with E-state index in [1.54, 1.807) is 25.2 Å². The first-order chi connectivity index (χ1) is 9.22. The number of hydrogen-bond acceptors (Lipinski definition) is 3. The molecular formula is C14H23N3O2S. The fraction of sp³-hybridized carbons (Fsp3) is 0.500. The zero-order valence-corrected chi connectivity index (χ0v) is 13.1. The summed E-state index contributed by atoms with van der Waals surface area (Å²) in [5.41, 5.74) is 6.87. The van der Waals surface area contributed by atoms with E-state index in [9.17, 15) is 8.42 Å². The summed E-state index contributed by atoms with van der Waals surface area (Å²) in [6, 6.07) is 7.09.